The number of aromatic nitrogens is 6. The Bertz CT molecular complexity index is 804. The van der Waals surface area contributed by atoms with Gasteiger partial charge in [0, 0.05) is 51.6 Å². The van der Waals surface area contributed by atoms with E-state index in [-0.39, 0.29) is 0 Å². The Morgan fingerprint density at radius 1 is 1.25 bits per heavy atom. The molecule has 0 bridgehead atoms. The molecule has 0 fully saturated rings. The first-order valence-corrected chi connectivity index (χ1v) is 7.77. The molecule has 8 heteroatoms. The number of anilines is 1. The van der Waals surface area contributed by atoms with E-state index in [1.165, 1.54) is 11.9 Å². The van der Waals surface area contributed by atoms with Crippen molar-refractivity contribution >= 4 is 5.82 Å². The summed E-state index contributed by atoms with van der Waals surface area (Å²) in [5, 5.41) is 12.2. The molecule has 24 heavy (non-hydrogen) atoms. The SMILES string of the molecule is Cc1nn(C)c(N(C)C)c1CNCc1cccnc1-n1cncn1. The van der Waals surface area contributed by atoms with E-state index in [0.717, 1.165) is 29.4 Å². The van der Waals surface area contributed by atoms with E-state index in [4.69, 9.17) is 0 Å². The van der Waals surface area contributed by atoms with Crippen molar-refractivity contribution in [2.75, 3.05) is 19.0 Å². The molecule has 0 aromatic carbocycles. The maximum atomic E-state index is 4.52. The molecule has 3 heterocycles. The summed E-state index contributed by atoms with van der Waals surface area (Å²) in [6, 6.07) is 3.97. The van der Waals surface area contributed by atoms with Crippen LogP contribution in [0.15, 0.2) is 31.0 Å². The van der Waals surface area contributed by atoms with Gasteiger partial charge in [-0.15, -0.1) is 0 Å². The summed E-state index contributed by atoms with van der Waals surface area (Å²) in [7, 11) is 6.03. The first-order chi connectivity index (χ1) is 11.6. The number of nitrogens with zero attached hydrogens (tertiary/aromatic N) is 7. The van der Waals surface area contributed by atoms with Gasteiger partial charge in [-0.1, -0.05) is 6.07 Å². The van der Waals surface area contributed by atoms with Gasteiger partial charge in [-0.05, 0) is 13.0 Å². The molecular formula is C16H22N8. The lowest BCUT2D eigenvalue weighted by atomic mass is 10.2. The lowest BCUT2D eigenvalue weighted by Gasteiger charge is -2.16. The van der Waals surface area contributed by atoms with E-state index >= 15 is 0 Å². The highest BCUT2D eigenvalue weighted by Gasteiger charge is 2.15. The van der Waals surface area contributed by atoms with Crippen molar-refractivity contribution in [3.05, 3.63) is 47.8 Å². The van der Waals surface area contributed by atoms with Crippen LogP contribution in [-0.2, 0) is 20.1 Å². The molecule has 0 saturated heterocycles. The van der Waals surface area contributed by atoms with Crippen molar-refractivity contribution in [3.63, 3.8) is 0 Å². The highest BCUT2D eigenvalue weighted by molar-refractivity contribution is 5.48. The third-order valence-corrected chi connectivity index (χ3v) is 3.86. The summed E-state index contributed by atoms with van der Waals surface area (Å²) >= 11 is 0. The van der Waals surface area contributed by atoms with Crippen LogP contribution < -0.4 is 10.2 Å². The molecule has 8 nitrogen and oxygen atoms in total. The molecule has 0 saturated carbocycles. The van der Waals surface area contributed by atoms with Gasteiger partial charge in [-0.2, -0.15) is 10.2 Å². The van der Waals surface area contributed by atoms with Crippen LogP contribution in [-0.4, -0.2) is 43.6 Å². The van der Waals surface area contributed by atoms with Crippen LogP contribution in [0, 0.1) is 6.92 Å². The third kappa shape index (κ3) is 3.13. The molecule has 126 valence electrons. The standard InChI is InChI=1S/C16H22N8/c1-12-14(16(22(2)3)23(4)21-12)9-17-8-13-6-5-7-19-15(13)24-11-18-10-20-24/h5-7,10-11,17H,8-9H2,1-4H3. The quantitative estimate of drug-likeness (QED) is 0.730. The summed E-state index contributed by atoms with van der Waals surface area (Å²) in [5.41, 5.74) is 3.31. The van der Waals surface area contributed by atoms with Crippen LogP contribution in [0.2, 0.25) is 0 Å². The average Bonchev–Trinajstić information content (AvgIpc) is 3.16. The van der Waals surface area contributed by atoms with E-state index in [1.807, 2.05) is 44.9 Å². The summed E-state index contributed by atoms with van der Waals surface area (Å²) in [5.74, 6) is 1.90. The lowest BCUT2D eigenvalue weighted by molar-refractivity contribution is 0.677. The molecule has 0 aliphatic carbocycles. The molecule has 0 amide bonds. The van der Waals surface area contributed by atoms with Crippen molar-refractivity contribution in [2.24, 2.45) is 7.05 Å². The van der Waals surface area contributed by atoms with Crippen LogP contribution >= 0.6 is 0 Å². The lowest BCUT2D eigenvalue weighted by Crippen LogP contribution is -2.19. The first-order valence-electron chi connectivity index (χ1n) is 7.77. The zero-order valence-electron chi connectivity index (χ0n) is 14.4. The molecule has 0 radical (unpaired) electrons. The van der Waals surface area contributed by atoms with Crippen molar-refractivity contribution in [2.45, 2.75) is 20.0 Å². The molecule has 0 aliphatic rings. The average molecular weight is 326 g/mol. The Balaban J connectivity index is 1.75. The Kier molecular flexibility index (Phi) is 4.57. The fourth-order valence-corrected chi connectivity index (χ4v) is 2.87. The van der Waals surface area contributed by atoms with Crippen molar-refractivity contribution in [1.29, 1.82) is 0 Å². The zero-order valence-corrected chi connectivity index (χ0v) is 14.4. The first kappa shape index (κ1) is 16.1. The maximum absolute atomic E-state index is 4.52. The van der Waals surface area contributed by atoms with E-state index in [1.54, 1.807) is 17.2 Å². The topological polar surface area (TPSA) is 76.7 Å². The van der Waals surface area contributed by atoms with E-state index in [0.29, 0.717) is 6.54 Å². The van der Waals surface area contributed by atoms with Gasteiger partial charge >= 0.3 is 0 Å². The molecule has 3 aromatic heterocycles. The second-order valence-electron chi connectivity index (χ2n) is 5.84. The molecule has 0 atom stereocenters. The van der Waals surface area contributed by atoms with Crippen molar-refractivity contribution in [1.82, 2.24) is 34.8 Å². The molecule has 0 spiro atoms. The normalized spacial score (nSPS) is 11.0. The Morgan fingerprint density at radius 2 is 2.08 bits per heavy atom. The maximum Gasteiger partial charge on any atom is 0.159 e. The van der Waals surface area contributed by atoms with Gasteiger partial charge in [0.25, 0.3) is 0 Å². The van der Waals surface area contributed by atoms with E-state index in [2.05, 4.69) is 30.4 Å². The zero-order chi connectivity index (χ0) is 17.1. The molecule has 0 aliphatic heterocycles. The summed E-state index contributed by atoms with van der Waals surface area (Å²) in [6.07, 6.45) is 4.92. The molecule has 0 unspecified atom stereocenters. The number of nitrogens with one attached hydrogen (secondary N) is 1. The van der Waals surface area contributed by atoms with Crippen LogP contribution in [0.5, 0.6) is 0 Å². The van der Waals surface area contributed by atoms with Crippen LogP contribution in [0.4, 0.5) is 5.82 Å². The van der Waals surface area contributed by atoms with Gasteiger partial charge in [-0.3, -0.25) is 4.68 Å². The van der Waals surface area contributed by atoms with Crippen LogP contribution in [0.1, 0.15) is 16.8 Å². The molecule has 1 N–H and O–H groups in total. The van der Waals surface area contributed by atoms with Gasteiger partial charge in [0.2, 0.25) is 0 Å². The Morgan fingerprint density at radius 3 is 2.79 bits per heavy atom. The van der Waals surface area contributed by atoms with E-state index in [9.17, 15) is 0 Å². The summed E-state index contributed by atoms with van der Waals surface area (Å²) in [6.45, 7) is 3.46. The third-order valence-electron chi connectivity index (χ3n) is 3.86. The predicted molar refractivity (Wildman–Crippen MR) is 92.0 cm³/mol. The Labute approximate surface area is 141 Å². The highest BCUT2D eigenvalue weighted by atomic mass is 15.4. The Hall–Kier alpha value is -2.74. The predicted octanol–water partition coefficient (Wildman–Crippen LogP) is 1.06. The smallest absolute Gasteiger partial charge is 0.159 e. The number of hydrogen-bond acceptors (Lipinski definition) is 6. The number of aryl methyl sites for hydroxylation is 2. The van der Waals surface area contributed by atoms with Gasteiger partial charge in [-0.25, -0.2) is 14.6 Å². The minimum atomic E-state index is 0.685. The number of rotatable bonds is 6. The molecular weight excluding hydrogens is 304 g/mol. The fourth-order valence-electron chi connectivity index (χ4n) is 2.87. The fraction of sp³-hybridized carbons (Fsp3) is 0.375. The minimum absolute atomic E-state index is 0.685. The van der Waals surface area contributed by atoms with Gasteiger partial charge in [0.05, 0.1) is 5.69 Å². The number of hydrogen-bond donors (Lipinski definition) is 1. The van der Waals surface area contributed by atoms with Gasteiger partial charge in [0.1, 0.15) is 18.5 Å². The molecule has 3 rings (SSSR count). The molecule has 3 aromatic rings. The summed E-state index contributed by atoms with van der Waals surface area (Å²) < 4.78 is 3.59. The summed E-state index contributed by atoms with van der Waals surface area (Å²) in [4.78, 5) is 10.5. The van der Waals surface area contributed by atoms with Gasteiger partial charge < -0.3 is 10.2 Å². The van der Waals surface area contributed by atoms with E-state index < -0.39 is 0 Å². The monoisotopic (exact) mass is 326 g/mol. The van der Waals surface area contributed by atoms with Gasteiger partial charge in [0.15, 0.2) is 5.82 Å². The second-order valence-corrected chi connectivity index (χ2v) is 5.84. The minimum Gasteiger partial charge on any atom is -0.363 e. The largest absolute Gasteiger partial charge is 0.363 e. The second kappa shape index (κ2) is 6.79. The van der Waals surface area contributed by atoms with Crippen molar-refractivity contribution < 1.29 is 0 Å². The van der Waals surface area contributed by atoms with Crippen LogP contribution in [0.25, 0.3) is 5.82 Å². The number of pyridine rings is 1. The van der Waals surface area contributed by atoms with Crippen LogP contribution in [0.3, 0.4) is 0 Å². The van der Waals surface area contributed by atoms with Crippen molar-refractivity contribution in [3.8, 4) is 5.82 Å². The highest BCUT2D eigenvalue weighted by Crippen LogP contribution is 2.21.